The summed E-state index contributed by atoms with van der Waals surface area (Å²) in [7, 11) is 0. The SMILES string of the molecule is CC(=O)c1cnc2ccc(F)cc2c1Cl.CC(O)c1cnc2ccc(F)cc2c1Cl. The van der Waals surface area contributed by atoms with Gasteiger partial charge >= 0.3 is 0 Å². The number of ketones is 1. The zero-order valence-electron chi connectivity index (χ0n) is 16.0. The first-order chi connectivity index (χ1) is 14.2. The normalized spacial score (nSPS) is 11.8. The summed E-state index contributed by atoms with van der Waals surface area (Å²) in [6.45, 7) is 2.99. The molecular formula is C22H16Cl2F2N2O2. The van der Waals surface area contributed by atoms with Crippen LogP contribution in [0.15, 0.2) is 48.8 Å². The Labute approximate surface area is 181 Å². The van der Waals surface area contributed by atoms with Crippen LogP contribution in [0.3, 0.4) is 0 Å². The van der Waals surface area contributed by atoms with E-state index in [1.807, 2.05) is 0 Å². The molecule has 0 amide bonds. The molecule has 0 fully saturated rings. The van der Waals surface area contributed by atoms with Crippen LogP contribution in [0.1, 0.15) is 35.9 Å². The van der Waals surface area contributed by atoms with Crippen molar-refractivity contribution in [2.45, 2.75) is 20.0 Å². The second-order valence-corrected chi connectivity index (χ2v) is 7.32. The van der Waals surface area contributed by atoms with Gasteiger partial charge in [0.15, 0.2) is 5.78 Å². The van der Waals surface area contributed by atoms with E-state index in [4.69, 9.17) is 23.2 Å². The number of aromatic nitrogens is 2. The Hall–Kier alpha value is -2.67. The van der Waals surface area contributed by atoms with E-state index in [-0.39, 0.29) is 16.6 Å². The fraction of sp³-hybridized carbons (Fsp3) is 0.136. The highest BCUT2D eigenvalue weighted by Crippen LogP contribution is 2.30. The molecule has 0 aliphatic carbocycles. The second kappa shape index (κ2) is 9.00. The van der Waals surface area contributed by atoms with Crippen LogP contribution in [0, 0.1) is 11.6 Å². The topological polar surface area (TPSA) is 63.1 Å². The van der Waals surface area contributed by atoms with Crippen LogP contribution in [0.2, 0.25) is 10.0 Å². The van der Waals surface area contributed by atoms with Gasteiger partial charge in [0.25, 0.3) is 0 Å². The van der Waals surface area contributed by atoms with Crippen LogP contribution in [0.4, 0.5) is 8.78 Å². The van der Waals surface area contributed by atoms with E-state index >= 15 is 0 Å². The van der Waals surface area contributed by atoms with Gasteiger partial charge in [-0.1, -0.05) is 23.2 Å². The van der Waals surface area contributed by atoms with E-state index in [0.29, 0.717) is 38.0 Å². The second-order valence-electron chi connectivity index (χ2n) is 6.57. The van der Waals surface area contributed by atoms with Crippen LogP contribution in [0.5, 0.6) is 0 Å². The summed E-state index contributed by atoms with van der Waals surface area (Å²) in [5.41, 5.74) is 2.02. The third-order valence-corrected chi connectivity index (χ3v) is 5.21. The molecule has 2 heterocycles. The van der Waals surface area contributed by atoms with Crippen molar-refractivity contribution in [3.8, 4) is 0 Å². The maximum atomic E-state index is 13.0. The quantitative estimate of drug-likeness (QED) is 0.365. The standard InChI is InChI=1S/C11H9ClFNO.C11H7ClFNO/c2*1-6(15)9-5-14-10-3-2-7(13)4-8(10)11(9)12/h2-6,15H,1H3;2-5H,1H3. The van der Waals surface area contributed by atoms with Gasteiger partial charge in [0.05, 0.1) is 32.7 Å². The van der Waals surface area contributed by atoms with Crippen molar-refractivity contribution in [3.63, 3.8) is 0 Å². The molecule has 8 heteroatoms. The molecule has 4 rings (SSSR count). The molecule has 0 spiro atoms. The lowest BCUT2D eigenvalue weighted by atomic mass is 10.1. The monoisotopic (exact) mass is 448 g/mol. The number of nitrogens with zero attached hydrogens (tertiary/aromatic N) is 2. The fourth-order valence-corrected chi connectivity index (χ4v) is 3.51. The molecule has 1 atom stereocenters. The predicted molar refractivity (Wildman–Crippen MR) is 114 cm³/mol. The number of aliphatic hydroxyl groups is 1. The number of benzene rings is 2. The maximum Gasteiger partial charge on any atom is 0.162 e. The molecule has 0 saturated heterocycles. The van der Waals surface area contributed by atoms with Crippen LogP contribution in [-0.4, -0.2) is 20.9 Å². The number of rotatable bonds is 2. The summed E-state index contributed by atoms with van der Waals surface area (Å²) in [5, 5.41) is 11.0. The molecule has 154 valence electrons. The Morgan fingerprint density at radius 2 is 1.43 bits per heavy atom. The summed E-state index contributed by atoms with van der Waals surface area (Å²) < 4.78 is 26.0. The number of halogens is 4. The van der Waals surface area contributed by atoms with Gasteiger partial charge in [0.2, 0.25) is 0 Å². The van der Waals surface area contributed by atoms with Crippen molar-refractivity contribution in [3.05, 3.63) is 81.6 Å². The van der Waals surface area contributed by atoms with E-state index in [0.717, 1.165) is 0 Å². The third kappa shape index (κ3) is 4.56. The van der Waals surface area contributed by atoms with Crippen molar-refractivity contribution < 1.29 is 18.7 Å². The molecule has 0 radical (unpaired) electrons. The zero-order chi connectivity index (χ0) is 22.0. The average Bonchev–Trinajstić information content (AvgIpc) is 2.69. The number of hydrogen-bond acceptors (Lipinski definition) is 4. The molecular weight excluding hydrogens is 433 g/mol. The first-order valence-corrected chi connectivity index (χ1v) is 9.61. The molecule has 0 saturated carbocycles. The largest absolute Gasteiger partial charge is 0.389 e. The molecule has 1 N–H and O–H groups in total. The minimum atomic E-state index is -0.710. The summed E-state index contributed by atoms with van der Waals surface area (Å²) in [5.74, 6) is -0.945. The van der Waals surface area contributed by atoms with Gasteiger partial charge in [-0.3, -0.25) is 14.8 Å². The number of carbonyl (C=O) groups excluding carboxylic acids is 1. The molecule has 0 aliphatic rings. The highest BCUT2D eigenvalue weighted by Gasteiger charge is 2.12. The molecule has 2 aromatic heterocycles. The fourth-order valence-electron chi connectivity index (χ4n) is 2.82. The molecule has 0 bridgehead atoms. The number of carbonyl (C=O) groups is 1. The molecule has 0 aliphatic heterocycles. The number of fused-ring (bicyclic) bond motifs is 2. The first kappa shape index (κ1) is 22.0. The summed E-state index contributed by atoms with van der Waals surface area (Å²) in [4.78, 5) is 19.3. The molecule has 4 nitrogen and oxygen atoms in total. The minimum Gasteiger partial charge on any atom is -0.389 e. The van der Waals surface area contributed by atoms with Crippen molar-refractivity contribution in [1.82, 2.24) is 9.97 Å². The summed E-state index contributed by atoms with van der Waals surface area (Å²) >= 11 is 12.0. The van der Waals surface area contributed by atoms with Crippen LogP contribution in [0.25, 0.3) is 21.8 Å². The van der Waals surface area contributed by atoms with Gasteiger partial charge in [-0.25, -0.2) is 8.78 Å². The molecule has 1 unspecified atom stereocenters. The Morgan fingerprint density at radius 1 is 0.933 bits per heavy atom. The van der Waals surface area contributed by atoms with Gasteiger partial charge in [0.1, 0.15) is 11.6 Å². The van der Waals surface area contributed by atoms with Crippen molar-refractivity contribution >= 4 is 50.8 Å². The summed E-state index contributed by atoms with van der Waals surface area (Å²) in [6, 6.07) is 8.31. The lowest BCUT2D eigenvalue weighted by Gasteiger charge is -2.09. The Morgan fingerprint density at radius 3 is 1.93 bits per heavy atom. The Kier molecular flexibility index (Phi) is 6.61. The van der Waals surface area contributed by atoms with Crippen molar-refractivity contribution in [2.75, 3.05) is 0 Å². The highest BCUT2D eigenvalue weighted by molar-refractivity contribution is 6.38. The average molecular weight is 449 g/mol. The highest BCUT2D eigenvalue weighted by atomic mass is 35.5. The van der Waals surface area contributed by atoms with E-state index < -0.39 is 11.9 Å². The van der Waals surface area contributed by atoms with E-state index in [9.17, 15) is 18.7 Å². The minimum absolute atomic E-state index is 0.182. The van der Waals surface area contributed by atoms with Gasteiger partial charge in [-0.05, 0) is 50.2 Å². The predicted octanol–water partition coefficient (Wildman–Crippen LogP) is 6.31. The van der Waals surface area contributed by atoms with Crippen molar-refractivity contribution in [2.24, 2.45) is 0 Å². The van der Waals surface area contributed by atoms with Crippen molar-refractivity contribution in [1.29, 1.82) is 0 Å². The number of pyridine rings is 2. The Balaban J connectivity index is 0.000000171. The van der Waals surface area contributed by atoms with Gasteiger partial charge < -0.3 is 5.11 Å². The number of Topliss-reactive ketones (excluding diaryl/α,β-unsaturated/α-hetero) is 1. The number of aliphatic hydroxyl groups excluding tert-OH is 1. The molecule has 30 heavy (non-hydrogen) atoms. The summed E-state index contributed by atoms with van der Waals surface area (Å²) in [6.07, 6.45) is 2.20. The van der Waals surface area contributed by atoms with Gasteiger partial charge in [-0.2, -0.15) is 0 Å². The van der Waals surface area contributed by atoms with Crippen LogP contribution >= 0.6 is 23.2 Å². The van der Waals surface area contributed by atoms with Gasteiger partial charge in [-0.15, -0.1) is 0 Å². The maximum absolute atomic E-state index is 13.0. The lowest BCUT2D eigenvalue weighted by Crippen LogP contribution is -1.96. The van der Waals surface area contributed by atoms with Crippen LogP contribution < -0.4 is 0 Å². The Bertz CT molecular complexity index is 1260. The van der Waals surface area contributed by atoms with Gasteiger partial charge in [0, 0.05) is 28.7 Å². The number of hydrogen-bond donors (Lipinski definition) is 1. The first-order valence-electron chi connectivity index (χ1n) is 8.85. The van der Waals surface area contributed by atoms with E-state index in [1.54, 1.807) is 13.0 Å². The third-order valence-electron chi connectivity index (χ3n) is 4.38. The van der Waals surface area contributed by atoms with E-state index in [2.05, 4.69) is 9.97 Å². The molecule has 2 aromatic carbocycles. The smallest absolute Gasteiger partial charge is 0.162 e. The van der Waals surface area contributed by atoms with E-state index in [1.165, 1.54) is 49.6 Å². The van der Waals surface area contributed by atoms with Crippen LogP contribution in [-0.2, 0) is 0 Å². The lowest BCUT2D eigenvalue weighted by molar-refractivity contribution is 0.101. The molecule has 4 aromatic rings. The zero-order valence-corrected chi connectivity index (χ0v) is 17.5.